The van der Waals surface area contributed by atoms with Crippen LogP contribution in [0.4, 0.5) is 5.69 Å². The fraction of sp³-hybridized carbons (Fsp3) is 0.143. The molecule has 64 valence electrons. The minimum Gasteiger partial charge on any atom is -0.507 e. The molecule has 5 heteroatoms. The summed E-state index contributed by atoms with van der Waals surface area (Å²) in [6.07, 6.45) is 0. The Kier molecular flexibility index (Phi) is 2.25. The van der Waals surface area contributed by atoms with Crippen LogP contribution in [0, 0.1) is 10.1 Å². The highest BCUT2D eigenvalue weighted by Crippen LogP contribution is 2.25. The molecular formula is C7H8N2O3. The molecule has 0 fully saturated rings. The summed E-state index contributed by atoms with van der Waals surface area (Å²) >= 11 is 0. The van der Waals surface area contributed by atoms with Gasteiger partial charge in [-0.3, -0.25) is 10.1 Å². The van der Waals surface area contributed by atoms with Crippen LogP contribution in [-0.2, 0) is 6.54 Å². The third-order valence-electron chi connectivity index (χ3n) is 1.53. The molecule has 0 aliphatic heterocycles. The van der Waals surface area contributed by atoms with Gasteiger partial charge < -0.3 is 10.8 Å². The summed E-state index contributed by atoms with van der Waals surface area (Å²) in [4.78, 5) is 9.80. The minimum atomic E-state index is -0.568. The van der Waals surface area contributed by atoms with Gasteiger partial charge in [-0.2, -0.15) is 0 Å². The van der Waals surface area contributed by atoms with Crippen molar-refractivity contribution in [2.24, 2.45) is 5.73 Å². The molecule has 0 unspecified atom stereocenters. The van der Waals surface area contributed by atoms with Gasteiger partial charge in [0.05, 0.1) is 10.5 Å². The second-order valence-electron chi connectivity index (χ2n) is 2.24. The number of benzene rings is 1. The average Bonchev–Trinajstić information content (AvgIpc) is 2.03. The first-order valence-corrected chi connectivity index (χ1v) is 3.32. The number of phenolic OH excluding ortho intramolecular Hbond substituents is 1. The van der Waals surface area contributed by atoms with Crippen LogP contribution >= 0.6 is 0 Å². The lowest BCUT2D eigenvalue weighted by molar-refractivity contribution is -0.385. The van der Waals surface area contributed by atoms with Gasteiger partial charge in [0.15, 0.2) is 0 Å². The Morgan fingerprint density at radius 2 is 2.25 bits per heavy atom. The van der Waals surface area contributed by atoms with Crippen LogP contribution in [0.3, 0.4) is 0 Å². The van der Waals surface area contributed by atoms with Crippen molar-refractivity contribution in [2.75, 3.05) is 0 Å². The predicted octanol–water partition coefficient (Wildman–Crippen LogP) is 0.759. The van der Waals surface area contributed by atoms with E-state index in [9.17, 15) is 10.1 Å². The lowest BCUT2D eigenvalue weighted by Crippen LogP contribution is -2.01. The van der Waals surface area contributed by atoms with Crippen molar-refractivity contribution in [3.05, 3.63) is 33.9 Å². The summed E-state index contributed by atoms with van der Waals surface area (Å²) in [6, 6.07) is 4.09. The van der Waals surface area contributed by atoms with E-state index in [4.69, 9.17) is 10.8 Å². The molecule has 0 aromatic heterocycles. The monoisotopic (exact) mass is 168 g/mol. The van der Waals surface area contributed by atoms with Gasteiger partial charge in [0.1, 0.15) is 5.75 Å². The Balaban J connectivity index is 3.27. The van der Waals surface area contributed by atoms with Crippen molar-refractivity contribution in [2.45, 2.75) is 6.54 Å². The molecular weight excluding hydrogens is 160 g/mol. The molecule has 0 spiro atoms. The van der Waals surface area contributed by atoms with E-state index in [1.165, 1.54) is 18.2 Å². The van der Waals surface area contributed by atoms with Gasteiger partial charge in [0.25, 0.3) is 5.69 Å². The largest absolute Gasteiger partial charge is 0.507 e. The predicted molar refractivity (Wildman–Crippen MR) is 42.7 cm³/mol. The summed E-state index contributed by atoms with van der Waals surface area (Å²) < 4.78 is 0. The Bertz CT molecular complexity index is 312. The molecule has 0 aliphatic carbocycles. The number of nitro groups is 1. The molecule has 0 heterocycles. The second kappa shape index (κ2) is 3.19. The van der Waals surface area contributed by atoms with Gasteiger partial charge >= 0.3 is 0 Å². The second-order valence-corrected chi connectivity index (χ2v) is 2.24. The molecule has 0 atom stereocenters. The standard InChI is InChI=1S/C7H8N2O3/c8-4-5-6(9(11)12)2-1-3-7(5)10/h1-3,10H,4,8H2. The first-order valence-electron chi connectivity index (χ1n) is 3.32. The van der Waals surface area contributed by atoms with Crippen molar-refractivity contribution in [1.29, 1.82) is 0 Å². The van der Waals surface area contributed by atoms with E-state index in [2.05, 4.69) is 0 Å². The van der Waals surface area contributed by atoms with Crippen molar-refractivity contribution < 1.29 is 10.0 Å². The topological polar surface area (TPSA) is 89.4 Å². The third kappa shape index (κ3) is 1.35. The zero-order valence-electron chi connectivity index (χ0n) is 6.23. The highest BCUT2D eigenvalue weighted by molar-refractivity contribution is 5.48. The molecule has 3 N–H and O–H groups in total. The van der Waals surface area contributed by atoms with Crippen LogP contribution in [0.1, 0.15) is 5.56 Å². The van der Waals surface area contributed by atoms with Crippen molar-refractivity contribution in [1.82, 2.24) is 0 Å². The summed E-state index contributed by atoms with van der Waals surface area (Å²) in [5, 5.41) is 19.5. The molecule has 1 aromatic carbocycles. The highest BCUT2D eigenvalue weighted by Gasteiger charge is 2.14. The SMILES string of the molecule is NCc1c(O)cccc1[N+](=O)[O-]. The number of nitrogens with two attached hydrogens (primary N) is 1. The fourth-order valence-electron chi connectivity index (χ4n) is 0.943. The molecule has 0 radical (unpaired) electrons. The van der Waals surface area contributed by atoms with E-state index >= 15 is 0 Å². The van der Waals surface area contributed by atoms with E-state index in [1.807, 2.05) is 0 Å². The van der Waals surface area contributed by atoms with E-state index in [0.717, 1.165) is 0 Å². The van der Waals surface area contributed by atoms with Gasteiger partial charge in [-0.25, -0.2) is 0 Å². The van der Waals surface area contributed by atoms with Crippen LogP contribution in [0.15, 0.2) is 18.2 Å². The summed E-state index contributed by atoms with van der Waals surface area (Å²) in [5.74, 6) is -0.133. The van der Waals surface area contributed by atoms with Gasteiger partial charge in [-0.1, -0.05) is 6.07 Å². The maximum Gasteiger partial charge on any atom is 0.277 e. The van der Waals surface area contributed by atoms with Gasteiger partial charge in [0, 0.05) is 12.6 Å². The number of rotatable bonds is 2. The molecule has 1 rings (SSSR count). The van der Waals surface area contributed by atoms with Gasteiger partial charge in [-0.15, -0.1) is 0 Å². The molecule has 0 saturated heterocycles. The number of aromatic hydroxyl groups is 1. The average molecular weight is 168 g/mol. The zero-order chi connectivity index (χ0) is 9.14. The van der Waals surface area contributed by atoms with Crippen molar-refractivity contribution in [3.63, 3.8) is 0 Å². The van der Waals surface area contributed by atoms with E-state index in [0.29, 0.717) is 0 Å². The van der Waals surface area contributed by atoms with E-state index < -0.39 is 4.92 Å². The van der Waals surface area contributed by atoms with E-state index in [-0.39, 0.29) is 23.5 Å². The number of phenols is 1. The van der Waals surface area contributed by atoms with Crippen molar-refractivity contribution >= 4 is 5.69 Å². The van der Waals surface area contributed by atoms with Crippen LogP contribution in [-0.4, -0.2) is 10.0 Å². The molecule has 0 amide bonds. The molecule has 12 heavy (non-hydrogen) atoms. The van der Waals surface area contributed by atoms with Crippen molar-refractivity contribution in [3.8, 4) is 5.75 Å². The number of nitrogens with zero attached hydrogens (tertiary/aromatic N) is 1. The quantitative estimate of drug-likeness (QED) is 0.503. The van der Waals surface area contributed by atoms with Gasteiger partial charge in [-0.05, 0) is 6.07 Å². The summed E-state index contributed by atoms with van der Waals surface area (Å²) in [6.45, 7) is -0.0387. The van der Waals surface area contributed by atoms with Crippen LogP contribution in [0.5, 0.6) is 5.75 Å². The smallest absolute Gasteiger partial charge is 0.277 e. The van der Waals surface area contributed by atoms with Crippen LogP contribution in [0.25, 0.3) is 0 Å². The Morgan fingerprint density at radius 3 is 2.67 bits per heavy atom. The molecule has 0 aliphatic rings. The molecule has 0 bridgehead atoms. The Labute approximate surface area is 68.6 Å². The number of hydrogen-bond acceptors (Lipinski definition) is 4. The van der Waals surface area contributed by atoms with Crippen LogP contribution in [0.2, 0.25) is 0 Å². The van der Waals surface area contributed by atoms with Gasteiger partial charge in [0.2, 0.25) is 0 Å². The lowest BCUT2D eigenvalue weighted by atomic mass is 10.1. The zero-order valence-corrected chi connectivity index (χ0v) is 6.23. The van der Waals surface area contributed by atoms with E-state index in [1.54, 1.807) is 0 Å². The first kappa shape index (κ1) is 8.48. The summed E-state index contributed by atoms with van der Waals surface area (Å²) in [5.41, 5.74) is 5.25. The fourth-order valence-corrected chi connectivity index (χ4v) is 0.943. The third-order valence-corrected chi connectivity index (χ3v) is 1.53. The lowest BCUT2D eigenvalue weighted by Gasteiger charge is -2.00. The Hall–Kier alpha value is -1.62. The molecule has 1 aromatic rings. The number of hydrogen-bond donors (Lipinski definition) is 2. The number of nitro benzene ring substituents is 1. The molecule has 5 nitrogen and oxygen atoms in total. The maximum atomic E-state index is 10.4. The Morgan fingerprint density at radius 1 is 1.58 bits per heavy atom. The minimum absolute atomic E-state index is 0.0387. The summed E-state index contributed by atoms with van der Waals surface area (Å²) in [7, 11) is 0. The highest BCUT2D eigenvalue weighted by atomic mass is 16.6. The maximum absolute atomic E-state index is 10.4. The molecule has 0 saturated carbocycles. The first-order chi connectivity index (χ1) is 5.66. The van der Waals surface area contributed by atoms with Crippen LogP contribution < -0.4 is 5.73 Å². The normalized spacial score (nSPS) is 9.75.